The maximum Gasteiger partial charge on any atom is 0.142 e. The predicted octanol–water partition coefficient (Wildman–Crippen LogP) is 3.54. The molecule has 0 amide bonds. The summed E-state index contributed by atoms with van der Waals surface area (Å²) < 4.78 is 5.81. The first-order chi connectivity index (χ1) is 8.33. The standard InChI is InChI=1S/C15H15NO/c1-11-7-8-13-15(9-11)17-10-14(16-13)12-5-3-2-4-6-12/h2-9,14,16H,10H2,1H3/t14-/m0/s1. The van der Waals surface area contributed by atoms with Crippen LogP contribution in [0.5, 0.6) is 5.75 Å². The lowest BCUT2D eigenvalue weighted by atomic mass is 10.1. The van der Waals surface area contributed by atoms with E-state index >= 15 is 0 Å². The molecular weight excluding hydrogens is 210 g/mol. The molecule has 0 fully saturated rings. The number of benzene rings is 2. The van der Waals surface area contributed by atoms with Gasteiger partial charge in [0.25, 0.3) is 0 Å². The number of ether oxygens (including phenoxy) is 1. The largest absolute Gasteiger partial charge is 0.489 e. The van der Waals surface area contributed by atoms with Gasteiger partial charge in [-0.3, -0.25) is 0 Å². The molecule has 0 bridgehead atoms. The molecule has 1 aliphatic rings. The van der Waals surface area contributed by atoms with Crippen molar-refractivity contribution in [2.75, 3.05) is 11.9 Å². The van der Waals surface area contributed by atoms with Gasteiger partial charge in [0.05, 0.1) is 11.7 Å². The summed E-state index contributed by atoms with van der Waals surface area (Å²) in [6.45, 7) is 2.76. The van der Waals surface area contributed by atoms with Crippen molar-refractivity contribution >= 4 is 5.69 Å². The summed E-state index contributed by atoms with van der Waals surface area (Å²) in [5, 5.41) is 3.52. The molecule has 17 heavy (non-hydrogen) atoms. The molecule has 86 valence electrons. The second-order valence-electron chi connectivity index (χ2n) is 4.42. The second-order valence-corrected chi connectivity index (χ2v) is 4.42. The van der Waals surface area contributed by atoms with Crippen LogP contribution in [0.1, 0.15) is 17.2 Å². The summed E-state index contributed by atoms with van der Waals surface area (Å²) in [6, 6.07) is 16.9. The van der Waals surface area contributed by atoms with E-state index in [1.807, 2.05) is 6.07 Å². The van der Waals surface area contributed by atoms with Gasteiger partial charge in [0.15, 0.2) is 0 Å². The van der Waals surface area contributed by atoms with E-state index in [-0.39, 0.29) is 6.04 Å². The van der Waals surface area contributed by atoms with E-state index in [1.165, 1.54) is 11.1 Å². The van der Waals surface area contributed by atoms with Gasteiger partial charge in [-0.15, -0.1) is 0 Å². The van der Waals surface area contributed by atoms with Gasteiger partial charge in [-0.05, 0) is 30.2 Å². The first-order valence-electron chi connectivity index (χ1n) is 5.88. The molecule has 2 nitrogen and oxygen atoms in total. The van der Waals surface area contributed by atoms with Crippen molar-refractivity contribution in [3.63, 3.8) is 0 Å². The third kappa shape index (κ3) is 1.98. The van der Waals surface area contributed by atoms with Gasteiger partial charge in [0, 0.05) is 0 Å². The van der Waals surface area contributed by atoms with Gasteiger partial charge < -0.3 is 10.1 Å². The maximum atomic E-state index is 5.81. The van der Waals surface area contributed by atoms with Crippen LogP contribution >= 0.6 is 0 Å². The Morgan fingerprint density at radius 1 is 1.12 bits per heavy atom. The summed E-state index contributed by atoms with van der Waals surface area (Å²) in [4.78, 5) is 0. The predicted molar refractivity (Wildman–Crippen MR) is 69.5 cm³/mol. The summed E-state index contributed by atoms with van der Waals surface area (Å²) in [5.74, 6) is 0.956. The van der Waals surface area contributed by atoms with Gasteiger partial charge in [-0.1, -0.05) is 36.4 Å². The van der Waals surface area contributed by atoms with Crippen molar-refractivity contribution in [3.05, 3.63) is 59.7 Å². The van der Waals surface area contributed by atoms with Crippen LogP contribution in [0, 0.1) is 6.92 Å². The molecule has 1 heterocycles. The minimum absolute atomic E-state index is 0.242. The molecule has 0 radical (unpaired) electrons. The molecular formula is C15H15NO. The quantitative estimate of drug-likeness (QED) is 0.801. The van der Waals surface area contributed by atoms with E-state index in [4.69, 9.17) is 4.74 Å². The lowest BCUT2D eigenvalue weighted by molar-refractivity contribution is 0.286. The van der Waals surface area contributed by atoms with E-state index < -0.39 is 0 Å². The molecule has 1 aliphatic heterocycles. The molecule has 0 aromatic heterocycles. The number of hydrogen-bond donors (Lipinski definition) is 1. The normalized spacial score (nSPS) is 17.8. The highest BCUT2D eigenvalue weighted by molar-refractivity contribution is 5.60. The molecule has 3 rings (SSSR count). The van der Waals surface area contributed by atoms with Crippen LogP contribution in [0.4, 0.5) is 5.69 Å². The van der Waals surface area contributed by atoms with Crippen molar-refractivity contribution < 1.29 is 4.74 Å². The average Bonchev–Trinajstić information content (AvgIpc) is 2.39. The highest BCUT2D eigenvalue weighted by atomic mass is 16.5. The third-order valence-corrected chi connectivity index (χ3v) is 3.07. The topological polar surface area (TPSA) is 21.3 Å². The number of rotatable bonds is 1. The van der Waals surface area contributed by atoms with E-state index in [9.17, 15) is 0 Å². The van der Waals surface area contributed by atoms with E-state index in [0.29, 0.717) is 6.61 Å². The monoisotopic (exact) mass is 225 g/mol. The van der Waals surface area contributed by atoms with Crippen LogP contribution in [-0.2, 0) is 0 Å². The van der Waals surface area contributed by atoms with Crippen LogP contribution < -0.4 is 10.1 Å². The van der Waals surface area contributed by atoms with Crippen LogP contribution in [0.25, 0.3) is 0 Å². The summed E-state index contributed by atoms with van der Waals surface area (Å²) >= 11 is 0. The van der Waals surface area contributed by atoms with Gasteiger partial charge in [-0.2, -0.15) is 0 Å². The molecule has 0 unspecified atom stereocenters. The SMILES string of the molecule is Cc1ccc2c(c1)OC[C@@H](c1ccccc1)N2. The summed E-state index contributed by atoms with van der Waals surface area (Å²) in [6.07, 6.45) is 0. The number of aryl methyl sites for hydroxylation is 1. The minimum atomic E-state index is 0.242. The van der Waals surface area contributed by atoms with Crippen molar-refractivity contribution in [2.45, 2.75) is 13.0 Å². The van der Waals surface area contributed by atoms with E-state index in [0.717, 1.165) is 11.4 Å². The molecule has 1 N–H and O–H groups in total. The second kappa shape index (κ2) is 4.13. The van der Waals surface area contributed by atoms with Crippen molar-refractivity contribution in [3.8, 4) is 5.75 Å². The van der Waals surface area contributed by atoms with Crippen molar-refractivity contribution in [2.24, 2.45) is 0 Å². The lowest BCUT2D eigenvalue weighted by Gasteiger charge is -2.28. The molecule has 0 spiro atoms. The first kappa shape index (κ1) is 10.2. The first-order valence-corrected chi connectivity index (χ1v) is 5.88. The maximum absolute atomic E-state index is 5.81. The fourth-order valence-corrected chi connectivity index (χ4v) is 2.14. The molecule has 2 heteroatoms. The van der Waals surface area contributed by atoms with E-state index in [2.05, 4.69) is 54.7 Å². The Morgan fingerprint density at radius 2 is 1.94 bits per heavy atom. The molecule has 2 aromatic carbocycles. The molecule has 0 aliphatic carbocycles. The van der Waals surface area contributed by atoms with E-state index in [1.54, 1.807) is 0 Å². The highest BCUT2D eigenvalue weighted by Crippen LogP contribution is 2.34. The summed E-state index contributed by atoms with van der Waals surface area (Å²) in [7, 11) is 0. The number of nitrogens with one attached hydrogen (secondary N) is 1. The van der Waals surface area contributed by atoms with Gasteiger partial charge in [0.1, 0.15) is 12.4 Å². The zero-order valence-electron chi connectivity index (χ0n) is 9.81. The van der Waals surface area contributed by atoms with Gasteiger partial charge in [0.2, 0.25) is 0 Å². The summed E-state index contributed by atoms with van der Waals surface area (Å²) in [5.41, 5.74) is 3.57. The zero-order valence-corrected chi connectivity index (χ0v) is 9.81. The van der Waals surface area contributed by atoms with Crippen LogP contribution in [-0.4, -0.2) is 6.61 Å². The van der Waals surface area contributed by atoms with Crippen molar-refractivity contribution in [1.29, 1.82) is 0 Å². The molecule has 0 saturated heterocycles. The Labute approximate surface area is 101 Å². The Kier molecular flexibility index (Phi) is 2.48. The number of fused-ring (bicyclic) bond motifs is 1. The van der Waals surface area contributed by atoms with Crippen LogP contribution in [0.3, 0.4) is 0 Å². The van der Waals surface area contributed by atoms with Crippen LogP contribution in [0.15, 0.2) is 48.5 Å². The Bertz CT molecular complexity index is 522. The highest BCUT2D eigenvalue weighted by Gasteiger charge is 2.19. The number of anilines is 1. The lowest BCUT2D eigenvalue weighted by Crippen LogP contribution is -2.23. The Balaban J connectivity index is 1.88. The average molecular weight is 225 g/mol. The Hall–Kier alpha value is -1.96. The smallest absolute Gasteiger partial charge is 0.142 e. The van der Waals surface area contributed by atoms with Gasteiger partial charge in [-0.25, -0.2) is 0 Å². The zero-order chi connectivity index (χ0) is 11.7. The number of hydrogen-bond acceptors (Lipinski definition) is 2. The third-order valence-electron chi connectivity index (χ3n) is 3.07. The molecule has 0 saturated carbocycles. The van der Waals surface area contributed by atoms with Crippen LogP contribution in [0.2, 0.25) is 0 Å². The molecule has 2 aromatic rings. The fourth-order valence-electron chi connectivity index (χ4n) is 2.14. The Morgan fingerprint density at radius 3 is 2.76 bits per heavy atom. The molecule has 1 atom stereocenters. The van der Waals surface area contributed by atoms with Gasteiger partial charge >= 0.3 is 0 Å². The minimum Gasteiger partial charge on any atom is -0.489 e. The fraction of sp³-hybridized carbons (Fsp3) is 0.200. The van der Waals surface area contributed by atoms with Crippen molar-refractivity contribution in [1.82, 2.24) is 0 Å².